The number of benzene rings is 2. The number of nitrogens with zero attached hydrogens (tertiary/aromatic N) is 2. The molecule has 11 heteroatoms. The monoisotopic (exact) mass is 474 g/mol. The van der Waals surface area contributed by atoms with E-state index >= 15 is 0 Å². The minimum atomic E-state index is -3.57. The van der Waals surface area contributed by atoms with Gasteiger partial charge in [0, 0.05) is 12.5 Å². The van der Waals surface area contributed by atoms with Gasteiger partial charge in [0.25, 0.3) is 0 Å². The third kappa shape index (κ3) is 6.02. The third-order valence-electron chi connectivity index (χ3n) is 4.59. The molecule has 33 heavy (non-hydrogen) atoms. The SMILES string of the molecule is CCOC(=O)c1cnc(Nc2ccc(S(C)(=O)=O)cc2F)nc1N[C@H](CO)c1ccccc1. The van der Waals surface area contributed by atoms with Gasteiger partial charge < -0.3 is 20.5 Å². The molecule has 0 amide bonds. The van der Waals surface area contributed by atoms with Gasteiger partial charge in [-0.2, -0.15) is 4.98 Å². The minimum Gasteiger partial charge on any atom is -0.462 e. The van der Waals surface area contributed by atoms with E-state index in [0.717, 1.165) is 17.9 Å². The van der Waals surface area contributed by atoms with E-state index in [9.17, 15) is 22.7 Å². The van der Waals surface area contributed by atoms with Crippen molar-refractivity contribution < 1.29 is 27.4 Å². The average Bonchev–Trinajstić information content (AvgIpc) is 2.79. The highest BCUT2D eigenvalue weighted by molar-refractivity contribution is 7.90. The number of nitrogens with one attached hydrogen (secondary N) is 2. The van der Waals surface area contributed by atoms with Gasteiger partial charge >= 0.3 is 5.97 Å². The molecule has 1 atom stereocenters. The smallest absolute Gasteiger partial charge is 0.343 e. The first kappa shape index (κ1) is 24.1. The molecule has 0 saturated heterocycles. The summed E-state index contributed by atoms with van der Waals surface area (Å²) >= 11 is 0. The van der Waals surface area contributed by atoms with E-state index in [0.29, 0.717) is 0 Å². The average molecular weight is 475 g/mol. The van der Waals surface area contributed by atoms with E-state index in [4.69, 9.17) is 4.74 Å². The quantitative estimate of drug-likeness (QED) is 0.400. The number of hydrogen-bond acceptors (Lipinski definition) is 9. The first-order valence-corrected chi connectivity index (χ1v) is 11.8. The highest BCUT2D eigenvalue weighted by Gasteiger charge is 2.20. The summed E-state index contributed by atoms with van der Waals surface area (Å²) in [7, 11) is -3.57. The second-order valence-electron chi connectivity index (χ2n) is 7.01. The van der Waals surface area contributed by atoms with Gasteiger partial charge in [-0.25, -0.2) is 22.6 Å². The van der Waals surface area contributed by atoms with Crippen molar-refractivity contribution in [3.63, 3.8) is 0 Å². The molecule has 2 aromatic carbocycles. The fourth-order valence-corrected chi connectivity index (χ4v) is 3.58. The fraction of sp³-hybridized carbons (Fsp3) is 0.227. The van der Waals surface area contributed by atoms with Crippen LogP contribution >= 0.6 is 0 Å². The number of esters is 1. The van der Waals surface area contributed by atoms with Crippen molar-refractivity contribution >= 4 is 33.3 Å². The highest BCUT2D eigenvalue weighted by Crippen LogP contribution is 2.25. The first-order chi connectivity index (χ1) is 15.7. The lowest BCUT2D eigenvalue weighted by atomic mass is 10.1. The van der Waals surface area contributed by atoms with Crippen LogP contribution in [0.3, 0.4) is 0 Å². The molecule has 0 aliphatic rings. The van der Waals surface area contributed by atoms with Crippen LogP contribution < -0.4 is 10.6 Å². The topological polar surface area (TPSA) is 131 Å². The number of hydrogen-bond donors (Lipinski definition) is 3. The van der Waals surface area contributed by atoms with Crippen LogP contribution in [0, 0.1) is 5.82 Å². The first-order valence-electron chi connectivity index (χ1n) is 9.96. The Kier molecular flexibility index (Phi) is 7.56. The van der Waals surface area contributed by atoms with Crippen LogP contribution in [0.15, 0.2) is 59.6 Å². The number of anilines is 3. The lowest BCUT2D eigenvalue weighted by molar-refractivity contribution is 0.0526. The van der Waals surface area contributed by atoms with E-state index in [-0.39, 0.29) is 41.1 Å². The van der Waals surface area contributed by atoms with Crippen LogP contribution in [0.2, 0.25) is 0 Å². The van der Waals surface area contributed by atoms with E-state index in [2.05, 4.69) is 20.6 Å². The number of carbonyl (C=O) groups is 1. The Bertz CT molecular complexity index is 1240. The molecule has 0 fully saturated rings. The lowest BCUT2D eigenvalue weighted by Crippen LogP contribution is -2.19. The number of rotatable bonds is 9. The predicted octanol–water partition coefficient (Wildman–Crippen LogP) is 3.09. The number of aliphatic hydroxyl groups is 1. The van der Waals surface area contributed by atoms with E-state index < -0.39 is 27.7 Å². The summed E-state index contributed by atoms with van der Waals surface area (Å²) < 4.78 is 42.7. The van der Waals surface area contributed by atoms with E-state index in [1.807, 2.05) is 18.2 Å². The van der Waals surface area contributed by atoms with Crippen LogP contribution in [-0.4, -0.2) is 48.9 Å². The summed E-state index contributed by atoms with van der Waals surface area (Å²) in [6.07, 6.45) is 2.20. The van der Waals surface area contributed by atoms with Crippen molar-refractivity contribution in [1.82, 2.24) is 9.97 Å². The number of aliphatic hydroxyl groups excluding tert-OH is 1. The molecule has 174 valence electrons. The van der Waals surface area contributed by atoms with Crippen molar-refractivity contribution in [3.05, 3.63) is 71.7 Å². The largest absolute Gasteiger partial charge is 0.462 e. The molecule has 1 aromatic heterocycles. The Hall–Kier alpha value is -3.57. The summed E-state index contributed by atoms with van der Waals surface area (Å²) in [5.74, 6) is -1.47. The van der Waals surface area contributed by atoms with E-state index in [1.54, 1.807) is 19.1 Å². The molecular formula is C22H23FN4O5S. The highest BCUT2D eigenvalue weighted by atomic mass is 32.2. The maximum absolute atomic E-state index is 14.5. The van der Waals surface area contributed by atoms with Crippen molar-refractivity contribution in [2.45, 2.75) is 17.9 Å². The Morgan fingerprint density at radius 1 is 1.21 bits per heavy atom. The zero-order chi connectivity index (χ0) is 24.0. The summed E-state index contributed by atoms with van der Waals surface area (Å²) in [6, 6.07) is 11.9. The van der Waals surface area contributed by atoms with Crippen LogP contribution in [0.25, 0.3) is 0 Å². The van der Waals surface area contributed by atoms with Crippen molar-refractivity contribution in [1.29, 1.82) is 0 Å². The predicted molar refractivity (Wildman–Crippen MR) is 121 cm³/mol. The Labute approximate surface area is 190 Å². The van der Waals surface area contributed by atoms with Gasteiger partial charge in [0.05, 0.1) is 29.8 Å². The summed E-state index contributed by atoms with van der Waals surface area (Å²) in [6.45, 7) is 1.50. The zero-order valence-electron chi connectivity index (χ0n) is 17.9. The van der Waals surface area contributed by atoms with E-state index in [1.165, 1.54) is 18.3 Å². The molecular weight excluding hydrogens is 451 g/mol. The summed E-state index contributed by atoms with van der Waals surface area (Å²) in [4.78, 5) is 20.5. The van der Waals surface area contributed by atoms with Crippen molar-refractivity contribution in [2.24, 2.45) is 0 Å². The van der Waals surface area contributed by atoms with Gasteiger partial charge in [0.1, 0.15) is 17.2 Å². The molecule has 3 aromatic rings. The molecule has 9 nitrogen and oxygen atoms in total. The molecule has 3 N–H and O–H groups in total. The Morgan fingerprint density at radius 2 is 1.94 bits per heavy atom. The number of aromatic nitrogens is 2. The summed E-state index contributed by atoms with van der Waals surface area (Å²) in [5.41, 5.74) is 0.731. The number of carbonyl (C=O) groups excluding carboxylic acids is 1. The number of sulfone groups is 1. The molecule has 0 spiro atoms. The molecule has 0 bridgehead atoms. The number of halogens is 1. The lowest BCUT2D eigenvalue weighted by Gasteiger charge is -2.19. The van der Waals surface area contributed by atoms with Crippen LogP contribution in [-0.2, 0) is 14.6 Å². The van der Waals surface area contributed by atoms with Gasteiger partial charge in [-0.15, -0.1) is 0 Å². The normalized spacial score (nSPS) is 12.1. The fourth-order valence-electron chi connectivity index (χ4n) is 2.94. The number of ether oxygens (including phenoxy) is 1. The second kappa shape index (κ2) is 10.4. The molecule has 0 radical (unpaired) electrons. The van der Waals surface area contributed by atoms with Crippen LogP contribution in [0.4, 0.5) is 21.8 Å². The molecule has 0 saturated carbocycles. The molecule has 3 rings (SSSR count). The van der Waals surface area contributed by atoms with Gasteiger partial charge in [0.15, 0.2) is 9.84 Å². The van der Waals surface area contributed by atoms with Crippen LogP contribution in [0.1, 0.15) is 28.9 Å². The van der Waals surface area contributed by atoms with Crippen LogP contribution in [0.5, 0.6) is 0 Å². The van der Waals surface area contributed by atoms with Gasteiger partial charge in [-0.3, -0.25) is 0 Å². The summed E-state index contributed by atoms with van der Waals surface area (Å²) in [5, 5.41) is 15.6. The van der Waals surface area contributed by atoms with Crippen molar-refractivity contribution in [2.75, 3.05) is 30.1 Å². The molecule has 0 aliphatic carbocycles. The van der Waals surface area contributed by atoms with Gasteiger partial charge in [-0.1, -0.05) is 30.3 Å². The Balaban J connectivity index is 1.95. The van der Waals surface area contributed by atoms with Gasteiger partial charge in [0.2, 0.25) is 5.95 Å². The minimum absolute atomic E-state index is 0.0321. The molecule has 0 aliphatic heterocycles. The Morgan fingerprint density at radius 3 is 2.55 bits per heavy atom. The third-order valence-corrected chi connectivity index (χ3v) is 5.70. The molecule has 1 heterocycles. The zero-order valence-corrected chi connectivity index (χ0v) is 18.8. The maximum Gasteiger partial charge on any atom is 0.343 e. The maximum atomic E-state index is 14.5. The van der Waals surface area contributed by atoms with Crippen molar-refractivity contribution in [3.8, 4) is 0 Å². The molecule has 0 unspecified atom stereocenters. The van der Waals surface area contributed by atoms with Gasteiger partial charge in [-0.05, 0) is 30.7 Å². The second-order valence-corrected chi connectivity index (χ2v) is 9.02. The standard InChI is InChI=1S/C22H23FN4O5S/c1-3-32-21(29)16-12-24-22(26-18-10-9-15(11-17(18)23)33(2,30)31)27-20(16)25-19(13-28)14-7-5-4-6-8-14/h4-12,19,28H,3,13H2,1-2H3,(H2,24,25,26,27)/t19-/m1/s1.